The van der Waals surface area contributed by atoms with Crippen LogP contribution in [0, 0.1) is 24.1 Å². The van der Waals surface area contributed by atoms with Gasteiger partial charge in [0.15, 0.2) is 5.82 Å². The molecule has 1 saturated heterocycles. The van der Waals surface area contributed by atoms with Crippen molar-refractivity contribution in [1.82, 2.24) is 14.8 Å². The van der Waals surface area contributed by atoms with E-state index in [1.54, 1.807) is 24.3 Å². The van der Waals surface area contributed by atoms with E-state index in [0.717, 1.165) is 18.1 Å². The number of hydrogen-bond donors (Lipinski definition) is 0. The fourth-order valence-corrected chi connectivity index (χ4v) is 4.36. The van der Waals surface area contributed by atoms with Crippen LogP contribution in [0.4, 0.5) is 10.2 Å². The van der Waals surface area contributed by atoms with Crippen LogP contribution in [0.25, 0.3) is 0 Å². The van der Waals surface area contributed by atoms with Gasteiger partial charge in [-0.05, 0) is 49.7 Å². The molecule has 2 atom stereocenters. The van der Waals surface area contributed by atoms with Gasteiger partial charge in [0.2, 0.25) is 0 Å². The Labute approximate surface area is 191 Å². The highest BCUT2D eigenvalue weighted by Crippen LogP contribution is 2.30. The summed E-state index contributed by atoms with van der Waals surface area (Å²) in [5, 5.41) is 14.3. The third-order valence-corrected chi connectivity index (χ3v) is 6.36. The molecule has 0 bridgehead atoms. The molecule has 0 aliphatic carbocycles. The number of hydrazone groups is 1. The first kappa shape index (κ1) is 22.6. The summed E-state index contributed by atoms with van der Waals surface area (Å²) in [4.78, 5) is 34.3. The summed E-state index contributed by atoms with van der Waals surface area (Å²) >= 11 is 0. The maximum atomic E-state index is 14.4. The molecule has 8 nitrogen and oxygen atoms in total. The summed E-state index contributed by atoms with van der Waals surface area (Å²) < 4.78 is 14.4. The second kappa shape index (κ2) is 9.08. The maximum absolute atomic E-state index is 14.4. The quantitative estimate of drug-likeness (QED) is 0.717. The second-order valence-corrected chi connectivity index (χ2v) is 8.28. The number of pyridine rings is 1. The number of halogens is 1. The molecule has 1 fully saturated rings. The van der Waals surface area contributed by atoms with E-state index in [1.165, 1.54) is 25.4 Å². The summed E-state index contributed by atoms with van der Waals surface area (Å²) in [5.74, 6) is -1.59. The number of likely N-dealkylation sites (N-methyl/N-ethyl adjacent to an activating group) is 1. The zero-order valence-corrected chi connectivity index (χ0v) is 18.8. The predicted molar refractivity (Wildman–Crippen MR) is 121 cm³/mol. The fraction of sp³-hybridized carbons (Fsp3) is 0.375. The van der Waals surface area contributed by atoms with Crippen molar-refractivity contribution < 1.29 is 14.0 Å². The number of nitrogens with zero attached hydrogens (tertiary/aromatic N) is 6. The van der Waals surface area contributed by atoms with Gasteiger partial charge in [-0.25, -0.2) is 9.37 Å². The Hall–Kier alpha value is -3.64. The summed E-state index contributed by atoms with van der Waals surface area (Å²) in [6.07, 6.45) is 2.89. The van der Waals surface area contributed by atoms with Gasteiger partial charge in [-0.3, -0.25) is 14.5 Å². The lowest BCUT2D eigenvalue weighted by Crippen LogP contribution is -2.53. The van der Waals surface area contributed by atoms with Crippen molar-refractivity contribution >= 4 is 23.8 Å². The molecule has 9 heteroatoms. The van der Waals surface area contributed by atoms with Crippen LogP contribution in [-0.2, 0) is 4.79 Å². The van der Waals surface area contributed by atoms with Gasteiger partial charge < -0.3 is 4.90 Å². The molecule has 2 aromatic rings. The molecule has 3 heterocycles. The number of carbonyl (C=O) groups excluding carboxylic acids is 2. The topological polar surface area (TPSA) is 92.9 Å². The Balaban J connectivity index is 1.48. The molecule has 2 amide bonds. The van der Waals surface area contributed by atoms with E-state index in [9.17, 15) is 14.0 Å². The van der Waals surface area contributed by atoms with Crippen molar-refractivity contribution in [3.63, 3.8) is 0 Å². The third-order valence-electron chi connectivity index (χ3n) is 6.36. The van der Waals surface area contributed by atoms with E-state index in [4.69, 9.17) is 5.26 Å². The standard InChI is InChI=1S/C24H25FN6O2/c1-4-29-9-10-30(14-15(29)2)23(32)18-6-8-21(27-12-18)31-24(33)20(13-28-31)19-7-5-17(11-26)22(25)16(19)3/h5-8,12-13,15,20H,4,9-10,14H2,1-3H3/t15-,20?/m0/s1. The minimum Gasteiger partial charge on any atom is -0.336 e. The number of piperazine rings is 1. The number of aromatic nitrogens is 1. The lowest BCUT2D eigenvalue weighted by atomic mass is 9.93. The Kier molecular flexibility index (Phi) is 6.20. The molecule has 0 N–H and O–H groups in total. The first-order valence-electron chi connectivity index (χ1n) is 10.9. The first-order chi connectivity index (χ1) is 15.8. The molecule has 0 spiro atoms. The SMILES string of the molecule is CCN1CCN(C(=O)c2ccc(N3N=CC(c4ccc(C#N)c(F)c4C)C3=O)nc2)C[C@@H]1C. The van der Waals surface area contributed by atoms with E-state index < -0.39 is 11.7 Å². The second-order valence-electron chi connectivity index (χ2n) is 8.28. The number of carbonyl (C=O) groups is 2. The Morgan fingerprint density at radius 1 is 1.27 bits per heavy atom. The van der Waals surface area contributed by atoms with E-state index >= 15 is 0 Å². The van der Waals surface area contributed by atoms with E-state index in [0.29, 0.717) is 30.3 Å². The molecule has 33 heavy (non-hydrogen) atoms. The number of amides is 2. The predicted octanol–water partition coefficient (Wildman–Crippen LogP) is 2.68. The number of anilines is 1. The van der Waals surface area contributed by atoms with Crippen LogP contribution >= 0.6 is 0 Å². The molecule has 0 radical (unpaired) electrons. The molecular weight excluding hydrogens is 423 g/mol. The highest BCUT2D eigenvalue weighted by molar-refractivity contribution is 6.12. The smallest absolute Gasteiger partial charge is 0.261 e. The minimum absolute atomic E-state index is 0.0667. The van der Waals surface area contributed by atoms with Gasteiger partial charge in [0.1, 0.15) is 17.8 Å². The summed E-state index contributed by atoms with van der Waals surface area (Å²) in [6, 6.07) is 8.26. The summed E-state index contributed by atoms with van der Waals surface area (Å²) in [6.45, 7) is 8.88. The van der Waals surface area contributed by atoms with Crippen molar-refractivity contribution in [3.05, 3.63) is 58.5 Å². The normalized spacial score (nSPS) is 20.9. The average Bonchev–Trinajstić information content (AvgIpc) is 3.21. The van der Waals surface area contributed by atoms with Gasteiger partial charge >= 0.3 is 0 Å². The van der Waals surface area contributed by atoms with Crippen LogP contribution < -0.4 is 5.01 Å². The van der Waals surface area contributed by atoms with Crippen LogP contribution in [0.5, 0.6) is 0 Å². The zero-order chi connectivity index (χ0) is 23.7. The average molecular weight is 449 g/mol. The molecular formula is C24H25FN6O2. The lowest BCUT2D eigenvalue weighted by molar-refractivity contribution is -0.118. The van der Waals surface area contributed by atoms with E-state index in [1.807, 2.05) is 4.90 Å². The Bertz CT molecular complexity index is 1160. The monoisotopic (exact) mass is 448 g/mol. The van der Waals surface area contributed by atoms with Gasteiger partial charge in [-0.2, -0.15) is 15.4 Å². The summed E-state index contributed by atoms with van der Waals surface area (Å²) in [7, 11) is 0. The van der Waals surface area contributed by atoms with Gasteiger partial charge in [0.25, 0.3) is 11.8 Å². The van der Waals surface area contributed by atoms with Crippen molar-refractivity contribution in [3.8, 4) is 6.07 Å². The molecule has 0 saturated carbocycles. The van der Waals surface area contributed by atoms with Crippen molar-refractivity contribution in [2.24, 2.45) is 5.10 Å². The van der Waals surface area contributed by atoms with Crippen LogP contribution in [-0.4, -0.2) is 65.0 Å². The van der Waals surface area contributed by atoms with Crippen molar-refractivity contribution in [2.75, 3.05) is 31.2 Å². The highest BCUT2D eigenvalue weighted by Gasteiger charge is 2.34. The van der Waals surface area contributed by atoms with Gasteiger partial charge in [0, 0.05) is 38.1 Å². The van der Waals surface area contributed by atoms with Crippen LogP contribution in [0.2, 0.25) is 0 Å². The van der Waals surface area contributed by atoms with Crippen molar-refractivity contribution in [2.45, 2.75) is 32.7 Å². The number of hydrogen-bond acceptors (Lipinski definition) is 6. The van der Waals surface area contributed by atoms with Crippen molar-refractivity contribution in [1.29, 1.82) is 5.26 Å². The number of nitriles is 1. The zero-order valence-electron chi connectivity index (χ0n) is 18.8. The molecule has 1 aromatic carbocycles. The van der Waals surface area contributed by atoms with Crippen LogP contribution in [0.3, 0.4) is 0 Å². The number of rotatable bonds is 4. The Morgan fingerprint density at radius 2 is 2.06 bits per heavy atom. The molecule has 1 aromatic heterocycles. The van der Waals surface area contributed by atoms with E-state index in [2.05, 4.69) is 28.8 Å². The minimum atomic E-state index is -0.772. The van der Waals surface area contributed by atoms with Gasteiger partial charge in [-0.15, -0.1) is 0 Å². The largest absolute Gasteiger partial charge is 0.336 e. The number of benzene rings is 1. The molecule has 2 aliphatic rings. The highest BCUT2D eigenvalue weighted by atomic mass is 19.1. The summed E-state index contributed by atoms with van der Waals surface area (Å²) in [5.41, 5.74) is 1.08. The van der Waals surface area contributed by atoms with Gasteiger partial charge in [0.05, 0.1) is 11.1 Å². The first-order valence-corrected chi connectivity index (χ1v) is 10.9. The maximum Gasteiger partial charge on any atom is 0.261 e. The molecule has 2 aliphatic heterocycles. The Morgan fingerprint density at radius 3 is 2.70 bits per heavy atom. The molecule has 170 valence electrons. The van der Waals surface area contributed by atoms with Crippen LogP contribution in [0.1, 0.15) is 46.8 Å². The molecule has 1 unspecified atom stereocenters. The third kappa shape index (κ3) is 4.10. The molecule has 4 rings (SSSR count). The van der Waals surface area contributed by atoms with E-state index in [-0.39, 0.29) is 28.8 Å². The lowest BCUT2D eigenvalue weighted by Gasteiger charge is -2.39. The van der Waals surface area contributed by atoms with Crippen LogP contribution in [0.15, 0.2) is 35.6 Å². The van der Waals surface area contributed by atoms with Gasteiger partial charge in [-0.1, -0.05) is 13.0 Å². The fourth-order valence-electron chi connectivity index (χ4n) is 4.36.